The third-order valence-corrected chi connectivity index (χ3v) is 2.95. The van der Waals surface area contributed by atoms with Crippen LogP contribution in [0.25, 0.3) is 0 Å². The molecule has 0 saturated heterocycles. The second-order valence-corrected chi connectivity index (χ2v) is 4.38. The molecule has 0 spiro atoms. The molecule has 0 bridgehead atoms. The minimum atomic E-state index is -0.0913. The molecule has 1 aromatic carbocycles. The molecular weight excluding hydrogens is 228 g/mol. The molecule has 18 heavy (non-hydrogen) atoms. The molecule has 0 fully saturated rings. The summed E-state index contributed by atoms with van der Waals surface area (Å²) in [5.74, 6) is 1.81. The van der Waals surface area contributed by atoms with Crippen molar-refractivity contribution in [2.24, 2.45) is 0 Å². The van der Waals surface area contributed by atoms with E-state index in [1.165, 1.54) is 0 Å². The van der Waals surface area contributed by atoms with Gasteiger partial charge in [0, 0.05) is 5.56 Å². The van der Waals surface area contributed by atoms with Gasteiger partial charge < -0.3 is 9.15 Å². The van der Waals surface area contributed by atoms with Crippen LogP contribution < -0.4 is 4.74 Å². The van der Waals surface area contributed by atoms with Crippen LogP contribution in [0.1, 0.15) is 33.0 Å². The zero-order valence-corrected chi connectivity index (χ0v) is 11.0. The molecule has 3 nitrogen and oxygen atoms in total. The molecule has 2 aromatic rings. The summed E-state index contributed by atoms with van der Waals surface area (Å²) in [5, 5.41) is 0. The molecule has 0 aliphatic heterocycles. The monoisotopic (exact) mass is 244 g/mol. The Morgan fingerprint density at radius 3 is 2.39 bits per heavy atom. The SMILES string of the molecule is COc1cc(C)c(C(=O)c2ccc(C)o2)cc1C. The van der Waals surface area contributed by atoms with Crippen molar-refractivity contribution in [3.8, 4) is 5.75 Å². The number of rotatable bonds is 3. The van der Waals surface area contributed by atoms with E-state index < -0.39 is 0 Å². The van der Waals surface area contributed by atoms with Gasteiger partial charge in [-0.3, -0.25) is 4.79 Å². The Morgan fingerprint density at radius 1 is 1.11 bits per heavy atom. The minimum Gasteiger partial charge on any atom is -0.496 e. The highest BCUT2D eigenvalue weighted by Gasteiger charge is 2.16. The molecule has 94 valence electrons. The van der Waals surface area contributed by atoms with Crippen molar-refractivity contribution in [2.45, 2.75) is 20.8 Å². The van der Waals surface area contributed by atoms with Crippen molar-refractivity contribution < 1.29 is 13.9 Å². The smallest absolute Gasteiger partial charge is 0.228 e. The van der Waals surface area contributed by atoms with E-state index in [4.69, 9.17) is 9.15 Å². The first kappa shape index (κ1) is 12.4. The number of methoxy groups -OCH3 is 1. The molecule has 3 heteroatoms. The van der Waals surface area contributed by atoms with Crippen LogP contribution in [-0.2, 0) is 0 Å². The van der Waals surface area contributed by atoms with Gasteiger partial charge in [0.1, 0.15) is 11.5 Å². The number of ether oxygens (including phenoxy) is 1. The summed E-state index contributed by atoms with van der Waals surface area (Å²) in [6, 6.07) is 7.21. The lowest BCUT2D eigenvalue weighted by molar-refractivity contribution is 0.101. The molecule has 0 unspecified atom stereocenters. The highest BCUT2D eigenvalue weighted by molar-refractivity contribution is 6.08. The first-order chi connectivity index (χ1) is 8.52. The van der Waals surface area contributed by atoms with Gasteiger partial charge in [0.2, 0.25) is 5.78 Å². The maximum Gasteiger partial charge on any atom is 0.228 e. The third kappa shape index (κ3) is 2.16. The summed E-state index contributed by atoms with van der Waals surface area (Å²) in [5.41, 5.74) is 2.48. The number of carbonyl (C=O) groups is 1. The van der Waals surface area contributed by atoms with Gasteiger partial charge in [0.05, 0.1) is 7.11 Å². The Labute approximate surface area is 106 Å². The minimum absolute atomic E-state index is 0.0913. The van der Waals surface area contributed by atoms with Crippen molar-refractivity contribution in [3.63, 3.8) is 0 Å². The first-order valence-corrected chi connectivity index (χ1v) is 5.79. The predicted octanol–water partition coefficient (Wildman–Crippen LogP) is 3.44. The largest absolute Gasteiger partial charge is 0.496 e. The summed E-state index contributed by atoms with van der Waals surface area (Å²) >= 11 is 0. The van der Waals surface area contributed by atoms with E-state index in [9.17, 15) is 4.79 Å². The zero-order chi connectivity index (χ0) is 13.3. The summed E-state index contributed by atoms with van der Waals surface area (Å²) in [4.78, 5) is 12.3. The van der Waals surface area contributed by atoms with E-state index in [1.54, 1.807) is 19.2 Å². The van der Waals surface area contributed by atoms with Crippen LogP contribution in [0.2, 0.25) is 0 Å². The molecule has 1 heterocycles. The molecule has 0 radical (unpaired) electrons. The molecule has 0 aliphatic rings. The Kier molecular flexibility index (Phi) is 3.24. The van der Waals surface area contributed by atoms with E-state index >= 15 is 0 Å². The fourth-order valence-electron chi connectivity index (χ4n) is 1.94. The van der Waals surface area contributed by atoms with Crippen molar-refractivity contribution >= 4 is 5.78 Å². The average Bonchev–Trinajstić information content (AvgIpc) is 2.77. The highest BCUT2D eigenvalue weighted by Crippen LogP contribution is 2.24. The van der Waals surface area contributed by atoms with Crippen molar-refractivity contribution in [1.29, 1.82) is 0 Å². The van der Waals surface area contributed by atoms with E-state index in [0.717, 1.165) is 22.6 Å². The Morgan fingerprint density at radius 2 is 1.83 bits per heavy atom. The molecule has 0 atom stereocenters. The van der Waals surface area contributed by atoms with E-state index in [0.29, 0.717) is 11.3 Å². The van der Waals surface area contributed by atoms with Gasteiger partial charge in [-0.05, 0) is 56.2 Å². The maximum atomic E-state index is 12.3. The van der Waals surface area contributed by atoms with Gasteiger partial charge in [-0.2, -0.15) is 0 Å². The van der Waals surface area contributed by atoms with Crippen LogP contribution >= 0.6 is 0 Å². The highest BCUT2D eigenvalue weighted by atomic mass is 16.5. The number of benzene rings is 1. The average molecular weight is 244 g/mol. The van der Waals surface area contributed by atoms with Gasteiger partial charge in [-0.15, -0.1) is 0 Å². The molecule has 2 rings (SSSR count). The quantitative estimate of drug-likeness (QED) is 0.776. The third-order valence-electron chi connectivity index (χ3n) is 2.95. The van der Waals surface area contributed by atoms with Crippen molar-refractivity contribution in [1.82, 2.24) is 0 Å². The standard InChI is InChI=1S/C15H16O3/c1-9-8-14(17-4)10(2)7-12(9)15(16)13-6-5-11(3)18-13/h5-8H,1-4H3. The van der Waals surface area contributed by atoms with Crippen LogP contribution in [0.5, 0.6) is 5.75 Å². The topological polar surface area (TPSA) is 39.4 Å². The normalized spacial score (nSPS) is 10.4. The number of furan rings is 1. The molecule has 1 aromatic heterocycles. The molecule has 0 aliphatic carbocycles. The summed E-state index contributed by atoms with van der Waals surface area (Å²) in [6.07, 6.45) is 0. The molecular formula is C15H16O3. The van der Waals surface area contributed by atoms with Crippen LogP contribution in [-0.4, -0.2) is 12.9 Å². The second kappa shape index (κ2) is 4.69. The van der Waals surface area contributed by atoms with Gasteiger partial charge in [-0.25, -0.2) is 0 Å². The fourth-order valence-corrected chi connectivity index (χ4v) is 1.94. The number of aryl methyl sites for hydroxylation is 3. The van der Waals surface area contributed by atoms with Crippen molar-refractivity contribution in [3.05, 3.63) is 52.5 Å². The van der Waals surface area contributed by atoms with Gasteiger partial charge in [-0.1, -0.05) is 0 Å². The number of hydrogen-bond acceptors (Lipinski definition) is 3. The zero-order valence-electron chi connectivity index (χ0n) is 11.0. The van der Waals surface area contributed by atoms with E-state index in [2.05, 4.69) is 0 Å². The summed E-state index contributed by atoms with van der Waals surface area (Å²) in [7, 11) is 1.62. The Bertz CT molecular complexity index is 594. The lowest BCUT2D eigenvalue weighted by Gasteiger charge is -2.09. The Balaban J connectivity index is 2.45. The van der Waals surface area contributed by atoms with Gasteiger partial charge in [0.25, 0.3) is 0 Å². The van der Waals surface area contributed by atoms with Crippen LogP contribution in [0, 0.1) is 20.8 Å². The number of ketones is 1. The van der Waals surface area contributed by atoms with Crippen LogP contribution in [0.4, 0.5) is 0 Å². The maximum absolute atomic E-state index is 12.3. The second-order valence-electron chi connectivity index (χ2n) is 4.38. The van der Waals surface area contributed by atoms with E-state index in [-0.39, 0.29) is 5.78 Å². The van der Waals surface area contributed by atoms with Gasteiger partial charge in [0.15, 0.2) is 5.76 Å². The number of hydrogen-bond donors (Lipinski definition) is 0. The lowest BCUT2D eigenvalue weighted by atomic mass is 10.00. The summed E-state index contributed by atoms with van der Waals surface area (Å²) in [6.45, 7) is 5.64. The summed E-state index contributed by atoms with van der Waals surface area (Å²) < 4.78 is 10.6. The fraction of sp³-hybridized carbons (Fsp3) is 0.267. The predicted molar refractivity (Wildman–Crippen MR) is 69.3 cm³/mol. The lowest BCUT2D eigenvalue weighted by Crippen LogP contribution is -2.04. The van der Waals surface area contributed by atoms with Gasteiger partial charge >= 0.3 is 0 Å². The molecule has 0 saturated carbocycles. The Hall–Kier alpha value is -2.03. The number of carbonyl (C=O) groups excluding carboxylic acids is 1. The molecule has 0 N–H and O–H groups in total. The van der Waals surface area contributed by atoms with Crippen LogP contribution in [0.3, 0.4) is 0 Å². The van der Waals surface area contributed by atoms with Crippen LogP contribution in [0.15, 0.2) is 28.7 Å². The van der Waals surface area contributed by atoms with E-state index in [1.807, 2.05) is 32.9 Å². The van der Waals surface area contributed by atoms with Crippen molar-refractivity contribution in [2.75, 3.05) is 7.11 Å². The molecule has 0 amide bonds. The first-order valence-electron chi connectivity index (χ1n) is 5.79.